The zero-order chi connectivity index (χ0) is 22.9. The zero-order valence-corrected chi connectivity index (χ0v) is 19.9. The normalized spacial score (nSPS) is 11.9. The van der Waals surface area contributed by atoms with Crippen LogP contribution >= 0.6 is 23.4 Å². The molecular formula is C23H27ClN4O3S. The van der Waals surface area contributed by atoms with E-state index in [-0.39, 0.29) is 11.2 Å². The van der Waals surface area contributed by atoms with E-state index in [4.69, 9.17) is 21.1 Å². The number of hydrogen-bond acceptors (Lipinski definition) is 6. The first kappa shape index (κ1) is 24.1. The number of rotatable bonds is 11. The Kier molecular flexibility index (Phi) is 8.96. The molecule has 0 spiro atoms. The van der Waals surface area contributed by atoms with Gasteiger partial charge in [-0.3, -0.25) is 4.79 Å². The fourth-order valence-electron chi connectivity index (χ4n) is 3.04. The molecule has 170 valence electrons. The lowest BCUT2D eigenvalue weighted by molar-refractivity contribution is -0.115. The lowest BCUT2D eigenvalue weighted by Gasteiger charge is -2.14. The molecule has 1 aromatic heterocycles. The number of halogens is 1. The third-order valence-corrected chi connectivity index (χ3v) is 6.06. The molecule has 0 aliphatic heterocycles. The number of thioether (sulfide) groups is 1. The number of nitrogens with one attached hydrogen (secondary N) is 1. The second kappa shape index (κ2) is 11.9. The smallest absolute Gasteiger partial charge is 0.237 e. The first-order chi connectivity index (χ1) is 15.5. The maximum Gasteiger partial charge on any atom is 0.237 e. The van der Waals surface area contributed by atoms with Crippen LogP contribution < -0.4 is 10.1 Å². The molecule has 9 heteroatoms. The van der Waals surface area contributed by atoms with Crippen molar-refractivity contribution in [3.63, 3.8) is 0 Å². The van der Waals surface area contributed by atoms with E-state index in [2.05, 4.69) is 15.5 Å². The van der Waals surface area contributed by atoms with Crippen molar-refractivity contribution in [3.05, 3.63) is 53.6 Å². The van der Waals surface area contributed by atoms with Crippen LogP contribution in [0.1, 0.15) is 20.3 Å². The Bertz CT molecular complexity index is 1030. The van der Waals surface area contributed by atoms with Crippen molar-refractivity contribution in [3.8, 4) is 17.1 Å². The Balaban J connectivity index is 1.74. The number of amides is 1. The summed E-state index contributed by atoms with van der Waals surface area (Å²) in [6.45, 7) is 5.63. The van der Waals surface area contributed by atoms with E-state index in [1.807, 2.05) is 66.9 Å². The minimum absolute atomic E-state index is 0.120. The van der Waals surface area contributed by atoms with Gasteiger partial charge in [-0.1, -0.05) is 35.5 Å². The van der Waals surface area contributed by atoms with Crippen LogP contribution in [0.2, 0.25) is 5.02 Å². The summed E-state index contributed by atoms with van der Waals surface area (Å²) in [5.41, 5.74) is 1.52. The van der Waals surface area contributed by atoms with Gasteiger partial charge in [-0.15, -0.1) is 10.2 Å². The standard InChI is InChI=1S/C23H27ClN4O3S/c1-4-31-18-12-10-17(11-13-18)25-22(29)16(2)32-23-27-26-21(28(23)14-7-15-30-3)19-8-5-6-9-20(19)24/h5-6,8-13,16H,4,7,14-15H2,1-3H3,(H,25,29). The van der Waals surface area contributed by atoms with Gasteiger partial charge >= 0.3 is 0 Å². The molecule has 0 aliphatic carbocycles. The van der Waals surface area contributed by atoms with Crippen LogP contribution in [0.15, 0.2) is 53.7 Å². The summed E-state index contributed by atoms with van der Waals surface area (Å²) < 4.78 is 12.6. The summed E-state index contributed by atoms with van der Waals surface area (Å²) in [5, 5.41) is 12.5. The molecule has 7 nitrogen and oxygen atoms in total. The lowest BCUT2D eigenvalue weighted by Crippen LogP contribution is -2.23. The highest BCUT2D eigenvalue weighted by Gasteiger charge is 2.22. The van der Waals surface area contributed by atoms with E-state index >= 15 is 0 Å². The monoisotopic (exact) mass is 474 g/mol. The van der Waals surface area contributed by atoms with Crippen LogP contribution in [0.4, 0.5) is 5.69 Å². The molecular weight excluding hydrogens is 448 g/mol. The Morgan fingerprint density at radius 3 is 2.62 bits per heavy atom. The van der Waals surface area contributed by atoms with E-state index < -0.39 is 0 Å². The van der Waals surface area contributed by atoms with E-state index in [1.54, 1.807) is 7.11 Å². The molecule has 32 heavy (non-hydrogen) atoms. The molecule has 1 heterocycles. The van der Waals surface area contributed by atoms with Gasteiger partial charge < -0.3 is 19.4 Å². The van der Waals surface area contributed by atoms with Crippen LogP contribution in [0.25, 0.3) is 11.4 Å². The number of aromatic nitrogens is 3. The van der Waals surface area contributed by atoms with E-state index in [0.717, 1.165) is 17.7 Å². The van der Waals surface area contributed by atoms with Crippen LogP contribution in [0.3, 0.4) is 0 Å². The van der Waals surface area contributed by atoms with Crippen molar-refractivity contribution in [1.82, 2.24) is 14.8 Å². The fourth-order valence-corrected chi connectivity index (χ4v) is 4.14. The van der Waals surface area contributed by atoms with Crippen LogP contribution in [-0.4, -0.2) is 46.2 Å². The highest BCUT2D eigenvalue weighted by atomic mass is 35.5. The predicted octanol–water partition coefficient (Wildman–Crippen LogP) is 5.15. The summed E-state index contributed by atoms with van der Waals surface area (Å²) >= 11 is 7.75. The first-order valence-electron chi connectivity index (χ1n) is 10.4. The number of hydrogen-bond donors (Lipinski definition) is 1. The van der Waals surface area contributed by atoms with Gasteiger partial charge in [0, 0.05) is 31.5 Å². The molecule has 1 atom stereocenters. The molecule has 3 aromatic rings. The average molecular weight is 475 g/mol. The number of methoxy groups -OCH3 is 1. The molecule has 0 bridgehead atoms. The SMILES string of the molecule is CCOc1ccc(NC(=O)C(C)Sc2nnc(-c3ccccc3Cl)n2CCCOC)cc1. The summed E-state index contributed by atoms with van der Waals surface area (Å²) in [5.74, 6) is 1.32. The maximum atomic E-state index is 12.8. The zero-order valence-electron chi connectivity index (χ0n) is 18.4. The van der Waals surface area contributed by atoms with Gasteiger partial charge in [-0.2, -0.15) is 0 Å². The molecule has 1 amide bonds. The fraction of sp³-hybridized carbons (Fsp3) is 0.348. The summed E-state index contributed by atoms with van der Waals surface area (Å²) in [7, 11) is 1.67. The summed E-state index contributed by atoms with van der Waals surface area (Å²) in [4.78, 5) is 12.8. The number of carbonyl (C=O) groups excluding carboxylic acids is 1. The van der Waals surface area contributed by atoms with Gasteiger partial charge in [0.2, 0.25) is 5.91 Å². The van der Waals surface area contributed by atoms with Gasteiger partial charge in [0.05, 0.1) is 16.9 Å². The van der Waals surface area contributed by atoms with E-state index in [1.165, 1.54) is 11.8 Å². The lowest BCUT2D eigenvalue weighted by atomic mass is 10.2. The molecule has 0 aliphatic rings. The highest BCUT2D eigenvalue weighted by Crippen LogP contribution is 2.31. The Labute approximate surface area is 197 Å². The first-order valence-corrected chi connectivity index (χ1v) is 11.7. The summed E-state index contributed by atoms with van der Waals surface area (Å²) in [6, 6.07) is 14.8. The number of benzene rings is 2. The minimum atomic E-state index is -0.383. The largest absolute Gasteiger partial charge is 0.494 e. The van der Waals surface area contributed by atoms with Crippen molar-refractivity contribution in [2.75, 3.05) is 25.6 Å². The van der Waals surface area contributed by atoms with Crippen LogP contribution in [-0.2, 0) is 16.1 Å². The van der Waals surface area contributed by atoms with Crippen molar-refractivity contribution >= 4 is 35.0 Å². The Morgan fingerprint density at radius 1 is 1.19 bits per heavy atom. The van der Waals surface area contributed by atoms with Crippen molar-refractivity contribution in [2.24, 2.45) is 0 Å². The number of carbonyl (C=O) groups is 1. The van der Waals surface area contributed by atoms with Crippen molar-refractivity contribution in [1.29, 1.82) is 0 Å². The topological polar surface area (TPSA) is 78.3 Å². The number of nitrogens with zero attached hydrogens (tertiary/aromatic N) is 3. The van der Waals surface area contributed by atoms with Crippen LogP contribution in [0, 0.1) is 0 Å². The molecule has 0 fully saturated rings. The molecule has 0 saturated carbocycles. The predicted molar refractivity (Wildman–Crippen MR) is 129 cm³/mol. The molecule has 0 saturated heterocycles. The Hall–Kier alpha value is -2.55. The molecule has 1 N–H and O–H groups in total. The van der Waals surface area contributed by atoms with Crippen LogP contribution in [0.5, 0.6) is 5.75 Å². The Morgan fingerprint density at radius 2 is 1.94 bits per heavy atom. The maximum absolute atomic E-state index is 12.8. The highest BCUT2D eigenvalue weighted by molar-refractivity contribution is 8.00. The number of ether oxygens (including phenoxy) is 2. The van der Waals surface area contributed by atoms with Gasteiger partial charge in [-0.25, -0.2) is 0 Å². The van der Waals surface area contributed by atoms with Crippen molar-refractivity contribution in [2.45, 2.75) is 37.2 Å². The van der Waals surface area contributed by atoms with Crippen molar-refractivity contribution < 1.29 is 14.3 Å². The average Bonchev–Trinajstić information content (AvgIpc) is 3.18. The molecule has 2 aromatic carbocycles. The third kappa shape index (κ3) is 6.25. The second-order valence-corrected chi connectivity index (χ2v) is 8.71. The van der Waals surface area contributed by atoms with Gasteiger partial charge in [-0.05, 0) is 56.7 Å². The molecule has 3 rings (SSSR count). The molecule has 0 radical (unpaired) electrons. The third-order valence-electron chi connectivity index (χ3n) is 4.65. The van der Waals surface area contributed by atoms with Gasteiger partial charge in [0.1, 0.15) is 5.75 Å². The summed E-state index contributed by atoms with van der Waals surface area (Å²) in [6.07, 6.45) is 0.784. The van der Waals surface area contributed by atoms with Gasteiger partial charge in [0.25, 0.3) is 0 Å². The number of anilines is 1. The van der Waals surface area contributed by atoms with E-state index in [9.17, 15) is 4.79 Å². The quantitative estimate of drug-likeness (QED) is 0.306. The van der Waals surface area contributed by atoms with E-state index in [0.29, 0.717) is 41.4 Å². The van der Waals surface area contributed by atoms with Gasteiger partial charge in [0.15, 0.2) is 11.0 Å². The molecule has 1 unspecified atom stereocenters. The second-order valence-electron chi connectivity index (χ2n) is 6.99. The minimum Gasteiger partial charge on any atom is -0.494 e.